The highest BCUT2D eigenvalue weighted by atomic mass is 32.2. The van der Waals surface area contributed by atoms with Crippen molar-refractivity contribution in [2.45, 2.75) is 44.9 Å². The third-order valence-corrected chi connectivity index (χ3v) is 5.52. The third-order valence-electron chi connectivity index (χ3n) is 3.24. The molecule has 6 heteroatoms. The predicted octanol–water partition coefficient (Wildman–Crippen LogP) is 1.66. The molecule has 1 saturated heterocycles. The van der Waals surface area contributed by atoms with Crippen molar-refractivity contribution in [3.8, 4) is 0 Å². The van der Waals surface area contributed by atoms with Gasteiger partial charge in [-0.25, -0.2) is 18.4 Å². The fourth-order valence-corrected chi connectivity index (χ4v) is 3.68. The Labute approximate surface area is 108 Å². The normalized spacial score (nSPS) is 21.7. The molecule has 0 bridgehead atoms. The van der Waals surface area contributed by atoms with E-state index in [2.05, 4.69) is 9.97 Å². The van der Waals surface area contributed by atoms with Crippen LogP contribution in [-0.2, 0) is 10.0 Å². The molecule has 0 aliphatic carbocycles. The first-order chi connectivity index (χ1) is 8.43. The lowest BCUT2D eigenvalue weighted by atomic mass is 10.2. The van der Waals surface area contributed by atoms with Crippen LogP contribution in [0.2, 0.25) is 0 Å². The molecule has 1 aromatic heterocycles. The van der Waals surface area contributed by atoms with Crippen LogP contribution in [0.4, 0.5) is 0 Å². The van der Waals surface area contributed by atoms with Gasteiger partial charge in [0.1, 0.15) is 5.82 Å². The summed E-state index contributed by atoms with van der Waals surface area (Å²) in [6.45, 7) is 5.88. The maximum absolute atomic E-state index is 12.3. The number of aromatic nitrogens is 2. The van der Waals surface area contributed by atoms with Crippen LogP contribution in [0.1, 0.15) is 44.2 Å². The Kier molecular flexibility index (Phi) is 3.68. The van der Waals surface area contributed by atoms with Gasteiger partial charge in [0.15, 0.2) is 0 Å². The molecule has 1 fully saturated rings. The molecule has 0 saturated carbocycles. The third kappa shape index (κ3) is 2.40. The van der Waals surface area contributed by atoms with Crippen LogP contribution < -0.4 is 0 Å². The van der Waals surface area contributed by atoms with Gasteiger partial charge in [-0.1, -0.05) is 0 Å². The SMILES string of the molecule is Cc1ccnc([C@H]2CCCN2S(=O)(=O)C(C)C)n1. The van der Waals surface area contributed by atoms with Crippen molar-refractivity contribution in [1.82, 2.24) is 14.3 Å². The van der Waals surface area contributed by atoms with E-state index >= 15 is 0 Å². The molecule has 1 aliphatic rings. The van der Waals surface area contributed by atoms with Gasteiger partial charge in [-0.05, 0) is 39.7 Å². The van der Waals surface area contributed by atoms with E-state index in [1.54, 1.807) is 24.3 Å². The lowest BCUT2D eigenvalue weighted by molar-refractivity contribution is 0.378. The van der Waals surface area contributed by atoms with Crippen molar-refractivity contribution < 1.29 is 8.42 Å². The first kappa shape index (κ1) is 13.4. The molecular formula is C12H19N3O2S. The maximum Gasteiger partial charge on any atom is 0.217 e. The summed E-state index contributed by atoms with van der Waals surface area (Å²) in [4.78, 5) is 8.59. The first-order valence-corrected chi connectivity index (χ1v) is 7.73. The average Bonchev–Trinajstić information content (AvgIpc) is 2.78. The highest BCUT2D eigenvalue weighted by Crippen LogP contribution is 2.33. The number of aryl methyl sites for hydroxylation is 1. The van der Waals surface area contributed by atoms with Crippen LogP contribution in [0.15, 0.2) is 12.3 Å². The molecule has 0 spiro atoms. The van der Waals surface area contributed by atoms with Crippen LogP contribution in [0, 0.1) is 6.92 Å². The molecule has 5 nitrogen and oxygen atoms in total. The zero-order chi connectivity index (χ0) is 13.3. The van der Waals surface area contributed by atoms with Crippen molar-refractivity contribution in [2.75, 3.05) is 6.54 Å². The molecule has 1 aromatic rings. The molecule has 0 unspecified atom stereocenters. The van der Waals surface area contributed by atoms with E-state index in [0.717, 1.165) is 18.5 Å². The molecule has 2 rings (SSSR count). The lowest BCUT2D eigenvalue weighted by Gasteiger charge is -2.25. The summed E-state index contributed by atoms with van der Waals surface area (Å²) in [6, 6.07) is 1.62. The zero-order valence-corrected chi connectivity index (χ0v) is 11.8. The Morgan fingerprint density at radius 2 is 2.17 bits per heavy atom. The number of sulfonamides is 1. The van der Waals surface area contributed by atoms with E-state index < -0.39 is 15.3 Å². The van der Waals surface area contributed by atoms with Crippen LogP contribution in [0.5, 0.6) is 0 Å². The van der Waals surface area contributed by atoms with E-state index in [9.17, 15) is 8.42 Å². The predicted molar refractivity (Wildman–Crippen MR) is 69.5 cm³/mol. The van der Waals surface area contributed by atoms with E-state index in [-0.39, 0.29) is 6.04 Å². The van der Waals surface area contributed by atoms with Crippen molar-refractivity contribution in [2.24, 2.45) is 0 Å². The maximum atomic E-state index is 12.3. The smallest absolute Gasteiger partial charge is 0.217 e. The summed E-state index contributed by atoms with van der Waals surface area (Å²) in [5, 5.41) is -0.400. The highest BCUT2D eigenvalue weighted by Gasteiger charge is 2.38. The molecule has 100 valence electrons. The summed E-state index contributed by atoms with van der Waals surface area (Å²) in [6.07, 6.45) is 3.36. The second kappa shape index (κ2) is 4.93. The summed E-state index contributed by atoms with van der Waals surface area (Å²) in [7, 11) is -3.23. The van der Waals surface area contributed by atoms with Crippen LogP contribution in [0.3, 0.4) is 0 Å². The van der Waals surface area contributed by atoms with Crippen LogP contribution >= 0.6 is 0 Å². The fourth-order valence-electron chi connectivity index (χ4n) is 2.20. The summed E-state index contributed by atoms with van der Waals surface area (Å²) >= 11 is 0. The van der Waals surface area contributed by atoms with Gasteiger partial charge in [-0.3, -0.25) is 0 Å². The van der Waals surface area contributed by atoms with Gasteiger partial charge in [0, 0.05) is 18.4 Å². The topological polar surface area (TPSA) is 63.2 Å². The largest absolute Gasteiger partial charge is 0.240 e. The van der Waals surface area contributed by atoms with Crippen molar-refractivity contribution in [3.05, 3.63) is 23.8 Å². The molecule has 0 radical (unpaired) electrons. The second-order valence-electron chi connectivity index (χ2n) is 4.92. The quantitative estimate of drug-likeness (QED) is 0.837. The Bertz CT molecular complexity index is 528. The Hall–Kier alpha value is -1.01. The van der Waals surface area contributed by atoms with Gasteiger partial charge in [0.05, 0.1) is 11.3 Å². The molecule has 18 heavy (non-hydrogen) atoms. The monoisotopic (exact) mass is 269 g/mol. The number of nitrogens with zero attached hydrogens (tertiary/aromatic N) is 3. The van der Waals surface area contributed by atoms with Crippen molar-refractivity contribution in [1.29, 1.82) is 0 Å². The van der Waals surface area contributed by atoms with Gasteiger partial charge in [-0.2, -0.15) is 4.31 Å². The second-order valence-corrected chi connectivity index (χ2v) is 7.36. The molecule has 1 atom stereocenters. The van der Waals surface area contributed by atoms with Gasteiger partial charge in [0.25, 0.3) is 0 Å². The van der Waals surface area contributed by atoms with E-state index in [0.29, 0.717) is 12.4 Å². The van der Waals surface area contributed by atoms with Gasteiger partial charge in [-0.15, -0.1) is 0 Å². The first-order valence-electron chi connectivity index (χ1n) is 6.23. The minimum Gasteiger partial charge on any atom is -0.240 e. The van der Waals surface area contributed by atoms with E-state index in [1.807, 2.05) is 13.0 Å². The minimum atomic E-state index is -3.23. The number of hydrogen-bond acceptors (Lipinski definition) is 4. The van der Waals surface area contributed by atoms with Crippen LogP contribution in [-0.4, -0.2) is 34.5 Å². The standard InChI is InChI=1S/C12H19N3O2S/c1-9(2)18(16,17)15-8-4-5-11(15)12-13-7-6-10(3)14-12/h6-7,9,11H,4-5,8H2,1-3H3/t11-/m1/s1. The zero-order valence-electron chi connectivity index (χ0n) is 11.0. The van der Waals surface area contributed by atoms with E-state index in [4.69, 9.17) is 0 Å². The Balaban J connectivity index is 2.34. The molecule has 2 heterocycles. The lowest BCUT2D eigenvalue weighted by Crippen LogP contribution is -2.36. The van der Waals surface area contributed by atoms with Gasteiger partial charge >= 0.3 is 0 Å². The summed E-state index contributed by atoms with van der Waals surface area (Å²) < 4.78 is 26.1. The van der Waals surface area contributed by atoms with Gasteiger partial charge in [0.2, 0.25) is 10.0 Å². The van der Waals surface area contributed by atoms with Gasteiger partial charge < -0.3 is 0 Å². The fraction of sp³-hybridized carbons (Fsp3) is 0.667. The molecule has 0 aromatic carbocycles. The summed E-state index contributed by atoms with van der Waals surface area (Å²) in [5.41, 5.74) is 0.869. The van der Waals surface area contributed by atoms with Crippen molar-refractivity contribution >= 4 is 10.0 Å². The Morgan fingerprint density at radius 1 is 1.44 bits per heavy atom. The molecule has 0 N–H and O–H groups in total. The highest BCUT2D eigenvalue weighted by molar-refractivity contribution is 7.89. The summed E-state index contributed by atoms with van der Waals surface area (Å²) in [5.74, 6) is 0.622. The Morgan fingerprint density at radius 3 is 2.78 bits per heavy atom. The average molecular weight is 269 g/mol. The number of hydrogen-bond donors (Lipinski definition) is 0. The molecule has 1 aliphatic heterocycles. The molecular weight excluding hydrogens is 250 g/mol. The minimum absolute atomic E-state index is 0.197. The molecule has 0 amide bonds. The van der Waals surface area contributed by atoms with Crippen LogP contribution in [0.25, 0.3) is 0 Å². The van der Waals surface area contributed by atoms with Crippen molar-refractivity contribution in [3.63, 3.8) is 0 Å². The van der Waals surface area contributed by atoms with E-state index in [1.165, 1.54) is 0 Å². The number of rotatable bonds is 3.